The van der Waals surface area contributed by atoms with E-state index in [0.717, 1.165) is 31.2 Å². The standard InChI is InChI=1S/C21H32O4/c1-20(2,3)25-19-13-17(15-23-14-16-9-5-4-6-10-16)24-21(22)12-8-7-11-18(19)21/h4-6,9-10,17-19,22H,7-8,11-15H2,1-3H3/t17-,18-,19-,21-/m1/s1. The Bertz CT molecular complexity index is 539. The summed E-state index contributed by atoms with van der Waals surface area (Å²) in [5.74, 6) is -1.00. The maximum atomic E-state index is 11.1. The summed E-state index contributed by atoms with van der Waals surface area (Å²) in [4.78, 5) is 0. The van der Waals surface area contributed by atoms with Crippen molar-refractivity contribution in [3.8, 4) is 0 Å². The van der Waals surface area contributed by atoms with Crippen LogP contribution in [0, 0.1) is 5.92 Å². The predicted molar refractivity (Wildman–Crippen MR) is 97.1 cm³/mol. The molecule has 25 heavy (non-hydrogen) atoms. The topological polar surface area (TPSA) is 47.9 Å². The maximum Gasteiger partial charge on any atom is 0.171 e. The van der Waals surface area contributed by atoms with E-state index in [1.807, 2.05) is 18.2 Å². The highest BCUT2D eigenvalue weighted by atomic mass is 16.6. The van der Waals surface area contributed by atoms with Gasteiger partial charge in [0.1, 0.15) is 0 Å². The number of hydrogen-bond acceptors (Lipinski definition) is 4. The van der Waals surface area contributed by atoms with Gasteiger partial charge in [-0.15, -0.1) is 0 Å². The molecule has 0 radical (unpaired) electrons. The second kappa shape index (κ2) is 7.75. The van der Waals surface area contributed by atoms with Crippen LogP contribution < -0.4 is 0 Å². The van der Waals surface area contributed by atoms with Crippen LogP contribution in [0.1, 0.15) is 58.4 Å². The molecule has 4 nitrogen and oxygen atoms in total. The van der Waals surface area contributed by atoms with E-state index in [2.05, 4.69) is 32.9 Å². The van der Waals surface area contributed by atoms with E-state index in [9.17, 15) is 5.11 Å². The van der Waals surface area contributed by atoms with Crippen LogP contribution in [0.15, 0.2) is 30.3 Å². The zero-order valence-electron chi connectivity index (χ0n) is 15.7. The molecule has 0 unspecified atom stereocenters. The zero-order chi connectivity index (χ0) is 17.9. The largest absolute Gasteiger partial charge is 0.374 e. The normalized spacial score (nSPS) is 33.0. The van der Waals surface area contributed by atoms with Crippen molar-refractivity contribution in [1.29, 1.82) is 0 Å². The van der Waals surface area contributed by atoms with Crippen molar-refractivity contribution in [2.75, 3.05) is 6.61 Å². The maximum absolute atomic E-state index is 11.1. The fourth-order valence-electron chi connectivity index (χ4n) is 4.11. The Hall–Kier alpha value is -0.940. The van der Waals surface area contributed by atoms with Crippen molar-refractivity contribution >= 4 is 0 Å². The lowest BCUT2D eigenvalue weighted by Gasteiger charge is -2.50. The van der Waals surface area contributed by atoms with Gasteiger partial charge in [0.2, 0.25) is 0 Å². The van der Waals surface area contributed by atoms with E-state index in [1.165, 1.54) is 0 Å². The lowest BCUT2D eigenvalue weighted by atomic mass is 9.76. The molecular weight excluding hydrogens is 316 g/mol. The van der Waals surface area contributed by atoms with Gasteiger partial charge in [-0.1, -0.05) is 36.8 Å². The Kier molecular flexibility index (Phi) is 5.84. The summed E-state index contributed by atoms with van der Waals surface area (Å²) in [6.45, 7) is 7.27. The minimum Gasteiger partial charge on any atom is -0.374 e. The van der Waals surface area contributed by atoms with Crippen LogP contribution in [0.5, 0.6) is 0 Å². The Labute approximate surface area is 151 Å². The van der Waals surface area contributed by atoms with E-state index >= 15 is 0 Å². The van der Waals surface area contributed by atoms with Gasteiger partial charge in [-0.05, 0) is 39.2 Å². The first-order valence-corrected chi connectivity index (χ1v) is 9.55. The van der Waals surface area contributed by atoms with Crippen LogP contribution >= 0.6 is 0 Å². The van der Waals surface area contributed by atoms with Gasteiger partial charge in [-0.3, -0.25) is 0 Å². The predicted octanol–water partition coefficient (Wildman–Crippen LogP) is 4.05. The van der Waals surface area contributed by atoms with Crippen LogP contribution in [0.2, 0.25) is 0 Å². The third-order valence-electron chi connectivity index (χ3n) is 5.11. The lowest BCUT2D eigenvalue weighted by Crippen LogP contribution is -2.58. The zero-order valence-corrected chi connectivity index (χ0v) is 15.7. The second-order valence-corrected chi connectivity index (χ2v) is 8.44. The number of hydrogen-bond donors (Lipinski definition) is 1. The summed E-state index contributed by atoms with van der Waals surface area (Å²) in [6, 6.07) is 10.1. The molecule has 0 aromatic heterocycles. The highest BCUT2D eigenvalue weighted by Gasteiger charge is 2.51. The Morgan fingerprint density at radius 2 is 1.96 bits per heavy atom. The molecule has 4 atom stereocenters. The Morgan fingerprint density at radius 1 is 1.20 bits per heavy atom. The van der Waals surface area contributed by atoms with Gasteiger partial charge in [0.05, 0.1) is 31.0 Å². The molecule has 2 fully saturated rings. The van der Waals surface area contributed by atoms with Gasteiger partial charge in [-0.25, -0.2) is 0 Å². The van der Waals surface area contributed by atoms with Gasteiger partial charge >= 0.3 is 0 Å². The van der Waals surface area contributed by atoms with Crippen LogP contribution in [0.3, 0.4) is 0 Å². The van der Waals surface area contributed by atoms with Crippen LogP contribution in [0.4, 0.5) is 0 Å². The fourth-order valence-corrected chi connectivity index (χ4v) is 4.11. The first-order valence-electron chi connectivity index (χ1n) is 9.55. The molecule has 3 rings (SSSR count). The summed E-state index contributed by atoms with van der Waals surface area (Å²) >= 11 is 0. The van der Waals surface area contributed by atoms with E-state index < -0.39 is 5.79 Å². The van der Waals surface area contributed by atoms with Gasteiger partial charge in [0, 0.05) is 18.8 Å². The van der Waals surface area contributed by atoms with E-state index in [1.54, 1.807) is 0 Å². The molecule has 1 aromatic rings. The van der Waals surface area contributed by atoms with Gasteiger partial charge < -0.3 is 19.3 Å². The fraction of sp³-hybridized carbons (Fsp3) is 0.714. The van der Waals surface area contributed by atoms with Crippen LogP contribution in [0.25, 0.3) is 0 Å². The smallest absolute Gasteiger partial charge is 0.171 e. The number of benzene rings is 1. The summed E-state index contributed by atoms with van der Waals surface area (Å²) in [5, 5.41) is 11.1. The van der Waals surface area contributed by atoms with Crippen molar-refractivity contribution < 1.29 is 19.3 Å². The summed E-state index contributed by atoms with van der Waals surface area (Å²) < 4.78 is 18.3. The molecule has 140 valence electrons. The van der Waals surface area contributed by atoms with Gasteiger partial charge in [0.15, 0.2) is 5.79 Å². The molecule has 1 heterocycles. The van der Waals surface area contributed by atoms with E-state index in [0.29, 0.717) is 19.6 Å². The highest BCUT2D eigenvalue weighted by Crippen LogP contribution is 2.44. The first kappa shape index (κ1) is 18.8. The van der Waals surface area contributed by atoms with Gasteiger partial charge in [0.25, 0.3) is 0 Å². The average Bonchev–Trinajstić information content (AvgIpc) is 2.54. The van der Waals surface area contributed by atoms with Crippen molar-refractivity contribution in [1.82, 2.24) is 0 Å². The molecule has 0 bridgehead atoms. The monoisotopic (exact) mass is 348 g/mol. The van der Waals surface area contributed by atoms with Gasteiger partial charge in [-0.2, -0.15) is 0 Å². The van der Waals surface area contributed by atoms with Crippen LogP contribution in [-0.2, 0) is 20.8 Å². The number of fused-ring (bicyclic) bond motifs is 1. The SMILES string of the molecule is CC(C)(C)O[C@@H]1C[C@H](COCc2ccccc2)O[C@]2(O)CCCC[C@H]12. The Morgan fingerprint density at radius 3 is 2.68 bits per heavy atom. The first-order chi connectivity index (χ1) is 11.9. The second-order valence-electron chi connectivity index (χ2n) is 8.44. The van der Waals surface area contributed by atoms with E-state index in [4.69, 9.17) is 14.2 Å². The van der Waals surface area contributed by atoms with Crippen LogP contribution in [-0.4, -0.2) is 35.3 Å². The lowest BCUT2D eigenvalue weighted by molar-refractivity contribution is -0.333. The molecule has 0 spiro atoms. The molecule has 1 aliphatic heterocycles. The molecule has 0 amide bonds. The summed E-state index contributed by atoms with van der Waals surface area (Å²) in [5.41, 5.74) is 0.922. The molecular formula is C21H32O4. The summed E-state index contributed by atoms with van der Waals surface area (Å²) in [7, 11) is 0. The minimum atomic E-state index is -1.06. The molecule has 1 saturated carbocycles. The molecule has 2 aliphatic rings. The summed E-state index contributed by atoms with van der Waals surface area (Å²) in [6.07, 6.45) is 4.47. The van der Waals surface area contributed by atoms with Crippen molar-refractivity contribution in [2.45, 2.75) is 83.1 Å². The number of ether oxygens (including phenoxy) is 3. The molecule has 4 heteroatoms. The number of aliphatic hydroxyl groups is 1. The molecule has 1 N–H and O–H groups in total. The van der Waals surface area contributed by atoms with Crippen molar-refractivity contribution in [3.05, 3.63) is 35.9 Å². The van der Waals surface area contributed by atoms with E-state index in [-0.39, 0.29) is 23.7 Å². The minimum absolute atomic E-state index is 0.0179. The molecule has 1 aliphatic carbocycles. The quantitative estimate of drug-likeness (QED) is 0.872. The third kappa shape index (κ3) is 5.04. The third-order valence-corrected chi connectivity index (χ3v) is 5.11. The number of rotatable bonds is 5. The Balaban J connectivity index is 1.62. The highest BCUT2D eigenvalue weighted by molar-refractivity contribution is 5.13. The molecule has 1 aromatic carbocycles. The van der Waals surface area contributed by atoms with Crippen molar-refractivity contribution in [2.24, 2.45) is 5.92 Å². The molecule has 1 saturated heterocycles. The van der Waals surface area contributed by atoms with Crippen molar-refractivity contribution in [3.63, 3.8) is 0 Å². The average molecular weight is 348 g/mol.